The fourth-order valence-corrected chi connectivity index (χ4v) is 3.65. The average Bonchev–Trinajstić information content (AvgIpc) is 3.33. The van der Waals surface area contributed by atoms with Crippen molar-refractivity contribution < 1.29 is 4.79 Å². The Morgan fingerprint density at radius 1 is 1.09 bits per heavy atom. The summed E-state index contributed by atoms with van der Waals surface area (Å²) in [6, 6.07) is 12.5. The molecule has 0 spiro atoms. The predicted molar refractivity (Wildman–Crippen MR) is 124 cm³/mol. The van der Waals surface area contributed by atoms with E-state index >= 15 is 0 Å². The molecule has 5 rings (SSSR count). The Kier molecular flexibility index (Phi) is 5.30. The Balaban J connectivity index is 1.46. The Hall–Kier alpha value is -4.11. The molecule has 0 bridgehead atoms. The number of amides is 1. The fraction of sp³-hybridized carbons (Fsp3) is 0.174. The molecule has 4 aromatic rings. The van der Waals surface area contributed by atoms with E-state index in [-0.39, 0.29) is 5.91 Å². The van der Waals surface area contributed by atoms with Gasteiger partial charge in [0.2, 0.25) is 0 Å². The second-order valence-corrected chi connectivity index (χ2v) is 7.63. The van der Waals surface area contributed by atoms with E-state index in [0.29, 0.717) is 28.9 Å². The third-order valence-electron chi connectivity index (χ3n) is 5.33. The maximum Gasteiger partial charge on any atom is 0.256 e. The van der Waals surface area contributed by atoms with E-state index in [2.05, 4.69) is 30.9 Å². The van der Waals surface area contributed by atoms with E-state index in [9.17, 15) is 4.79 Å². The van der Waals surface area contributed by atoms with Crippen molar-refractivity contribution in [1.29, 1.82) is 0 Å². The van der Waals surface area contributed by atoms with Crippen molar-refractivity contribution in [2.45, 2.75) is 12.5 Å². The molecule has 5 N–H and O–H groups in total. The lowest BCUT2D eigenvalue weighted by molar-refractivity contribution is 0.102. The maximum absolute atomic E-state index is 12.5. The number of anilines is 3. The molecule has 1 amide bonds. The number of hydrogen-bond donors (Lipinski definition) is 4. The summed E-state index contributed by atoms with van der Waals surface area (Å²) in [4.78, 5) is 30.5. The highest BCUT2D eigenvalue weighted by Gasteiger charge is 2.18. The summed E-state index contributed by atoms with van der Waals surface area (Å²) < 4.78 is 0. The molecule has 1 aliphatic rings. The number of fused-ring (bicyclic) bond motifs is 1. The van der Waals surface area contributed by atoms with Crippen LogP contribution in [0.2, 0.25) is 0 Å². The van der Waals surface area contributed by atoms with Crippen molar-refractivity contribution in [1.82, 2.24) is 25.3 Å². The molecule has 4 heterocycles. The first-order chi connectivity index (χ1) is 15.7. The van der Waals surface area contributed by atoms with Crippen LogP contribution in [0, 0.1) is 0 Å². The number of hydrogen-bond acceptors (Lipinski definition) is 8. The van der Waals surface area contributed by atoms with Crippen molar-refractivity contribution >= 4 is 34.1 Å². The van der Waals surface area contributed by atoms with E-state index < -0.39 is 0 Å². The number of aromatic nitrogens is 4. The van der Waals surface area contributed by atoms with Crippen molar-refractivity contribution in [3.63, 3.8) is 0 Å². The van der Waals surface area contributed by atoms with Crippen molar-refractivity contribution in [3.8, 4) is 11.4 Å². The molecule has 3 aromatic heterocycles. The van der Waals surface area contributed by atoms with Crippen LogP contribution in [0.25, 0.3) is 22.3 Å². The van der Waals surface area contributed by atoms with E-state index in [1.165, 1.54) is 0 Å². The van der Waals surface area contributed by atoms with Crippen LogP contribution in [0.5, 0.6) is 0 Å². The highest BCUT2D eigenvalue weighted by Crippen LogP contribution is 2.26. The van der Waals surface area contributed by atoms with Crippen LogP contribution in [0.1, 0.15) is 16.8 Å². The van der Waals surface area contributed by atoms with Crippen LogP contribution in [-0.4, -0.2) is 45.0 Å². The van der Waals surface area contributed by atoms with Crippen LogP contribution in [0.4, 0.5) is 17.3 Å². The first-order valence-corrected chi connectivity index (χ1v) is 10.4. The standard InChI is InChI=1S/C23H22N8O/c24-16-3-1-14(2-4-16)23(32)30-20-11-15(5-10-27-20)21-29-19-13-26-9-7-18(19)22(31-21)28-17-6-8-25-12-17/h1-5,7,9-11,13,17,25H,6,8,12,24H2,(H,27,30,32)(H,28,29,31)/t17-/m1/s1. The zero-order chi connectivity index (χ0) is 21.9. The number of nitrogen functional groups attached to an aromatic ring is 1. The smallest absolute Gasteiger partial charge is 0.256 e. The van der Waals surface area contributed by atoms with Gasteiger partial charge in [0.1, 0.15) is 11.6 Å². The molecule has 0 saturated carbocycles. The van der Waals surface area contributed by atoms with Crippen LogP contribution in [-0.2, 0) is 0 Å². The monoisotopic (exact) mass is 426 g/mol. The second-order valence-electron chi connectivity index (χ2n) is 7.63. The van der Waals surface area contributed by atoms with Gasteiger partial charge in [0.25, 0.3) is 5.91 Å². The van der Waals surface area contributed by atoms with Gasteiger partial charge in [0, 0.05) is 47.2 Å². The van der Waals surface area contributed by atoms with Crippen LogP contribution < -0.4 is 21.7 Å². The first kappa shape index (κ1) is 19.8. The summed E-state index contributed by atoms with van der Waals surface area (Å²) in [7, 11) is 0. The summed E-state index contributed by atoms with van der Waals surface area (Å²) in [6.07, 6.45) is 6.12. The number of nitrogens with zero attached hydrogens (tertiary/aromatic N) is 4. The Morgan fingerprint density at radius 2 is 1.97 bits per heavy atom. The van der Waals surface area contributed by atoms with Gasteiger partial charge in [0.05, 0.1) is 11.7 Å². The highest BCUT2D eigenvalue weighted by molar-refractivity contribution is 6.04. The van der Waals surface area contributed by atoms with Crippen molar-refractivity contribution in [3.05, 3.63) is 66.6 Å². The van der Waals surface area contributed by atoms with Gasteiger partial charge in [-0.15, -0.1) is 0 Å². The van der Waals surface area contributed by atoms with Gasteiger partial charge < -0.3 is 21.7 Å². The highest BCUT2D eigenvalue weighted by atomic mass is 16.1. The largest absolute Gasteiger partial charge is 0.399 e. The van der Waals surface area contributed by atoms with Crippen molar-refractivity contribution in [2.24, 2.45) is 0 Å². The second kappa shape index (κ2) is 8.56. The molecule has 1 aromatic carbocycles. The molecule has 1 aliphatic heterocycles. The number of carbonyl (C=O) groups is 1. The van der Waals surface area contributed by atoms with Gasteiger partial charge in [-0.1, -0.05) is 0 Å². The van der Waals surface area contributed by atoms with Gasteiger partial charge in [-0.2, -0.15) is 0 Å². The fourth-order valence-electron chi connectivity index (χ4n) is 3.65. The number of benzene rings is 1. The Labute approximate surface area is 184 Å². The van der Waals surface area contributed by atoms with Crippen molar-refractivity contribution in [2.75, 3.05) is 29.5 Å². The Morgan fingerprint density at radius 3 is 2.78 bits per heavy atom. The molecule has 32 heavy (non-hydrogen) atoms. The topological polar surface area (TPSA) is 131 Å². The number of carbonyl (C=O) groups excluding carboxylic acids is 1. The third kappa shape index (κ3) is 4.19. The molecule has 160 valence electrons. The summed E-state index contributed by atoms with van der Waals surface area (Å²) in [5.74, 6) is 1.44. The molecular formula is C23H22N8O. The van der Waals surface area contributed by atoms with Gasteiger partial charge in [0.15, 0.2) is 5.82 Å². The number of nitrogens with two attached hydrogens (primary N) is 1. The lowest BCUT2D eigenvalue weighted by Gasteiger charge is -2.15. The molecule has 1 atom stereocenters. The Bertz CT molecular complexity index is 1270. The first-order valence-electron chi connectivity index (χ1n) is 10.4. The maximum atomic E-state index is 12.5. The van der Waals surface area contributed by atoms with E-state index in [1.807, 2.05) is 12.1 Å². The molecule has 9 nitrogen and oxygen atoms in total. The molecule has 0 radical (unpaired) electrons. The number of rotatable bonds is 5. The quantitative estimate of drug-likeness (QED) is 0.358. The minimum Gasteiger partial charge on any atom is -0.399 e. The van der Waals surface area contributed by atoms with Gasteiger partial charge >= 0.3 is 0 Å². The van der Waals surface area contributed by atoms with Gasteiger partial charge in [-0.3, -0.25) is 9.78 Å². The molecular weight excluding hydrogens is 404 g/mol. The number of pyridine rings is 2. The third-order valence-corrected chi connectivity index (χ3v) is 5.33. The SMILES string of the molecule is Nc1ccc(C(=O)Nc2cc(-c3nc(N[C@@H]4CCNC4)c4ccncc4n3)ccn2)cc1. The molecule has 1 saturated heterocycles. The summed E-state index contributed by atoms with van der Waals surface area (Å²) in [6.45, 7) is 1.87. The van der Waals surface area contributed by atoms with Crippen LogP contribution in [0.3, 0.4) is 0 Å². The lowest BCUT2D eigenvalue weighted by atomic mass is 10.2. The minimum atomic E-state index is -0.269. The summed E-state index contributed by atoms with van der Waals surface area (Å²) in [5.41, 5.74) is 8.28. The molecule has 1 fully saturated rings. The van der Waals surface area contributed by atoms with Gasteiger partial charge in [-0.05, 0) is 55.4 Å². The molecule has 9 heteroatoms. The molecule has 0 aliphatic carbocycles. The normalized spacial score (nSPS) is 15.6. The van der Waals surface area contributed by atoms with E-state index in [4.69, 9.17) is 10.7 Å². The van der Waals surface area contributed by atoms with Crippen LogP contribution in [0.15, 0.2) is 61.1 Å². The lowest BCUT2D eigenvalue weighted by Crippen LogP contribution is -2.23. The van der Waals surface area contributed by atoms with Crippen LogP contribution >= 0.6 is 0 Å². The van der Waals surface area contributed by atoms with E-state index in [0.717, 1.165) is 41.8 Å². The zero-order valence-corrected chi connectivity index (χ0v) is 17.2. The number of nitrogens with one attached hydrogen (secondary N) is 3. The van der Waals surface area contributed by atoms with Gasteiger partial charge in [-0.25, -0.2) is 15.0 Å². The minimum absolute atomic E-state index is 0.269. The van der Waals surface area contributed by atoms with E-state index in [1.54, 1.807) is 48.9 Å². The predicted octanol–water partition coefficient (Wildman–Crippen LogP) is 2.70. The summed E-state index contributed by atoms with van der Waals surface area (Å²) >= 11 is 0. The summed E-state index contributed by atoms with van der Waals surface area (Å²) in [5, 5.41) is 10.6. The molecule has 0 unspecified atom stereocenters. The average molecular weight is 426 g/mol. The zero-order valence-electron chi connectivity index (χ0n) is 17.2.